The van der Waals surface area contributed by atoms with Crippen LogP contribution in [0.15, 0.2) is 24.7 Å². The fraction of sp³-hybridized carbons (Fsp3) is 0. The standard InChI is InChI=1S/C8H7N5OS/c9-6-1-2-10-3-5(6)8(14)12-7-4-11-13-15-7/h1-4H,(H2,9,10)(H,12,14). The van der Waals surface area contributed by atoms with Crippen molar-refractivity contribution in [1.29, 1.82) is 0 Å². The van der Waals surface area contributed by atoms with Crippen molar-refractivity contribution < 1.29 is 4.79 Å². The number of carbonyl (C=O) groups is 1. The van der Waals surface area contributed by atoms with Gasteiger partial charge in [0.1, 0.15) is 5.00 Å². The van der Waals surface area contributed by atoms with Crippen LogP contribution in [0.2, 0.25) is 0 Å². The predicted molar refractivity (Wildman–Crippen MR) is 56.5 cm³/mol. The van der Waals surface area contributed by atoms with E-state index in [1.165, 1.54) is 18.6 Å². The second-order valence-electron chi connectivity index (χ2n) is 2.70. The molecule has 1 amide bonds. The normalized spacial score (nSPS) is 9.87. The van der Waals surface area contributed by atoms with Crippen LogP contribution in [0, 0.1) is 0 Å². The summed E-state index contributed by atoms with van der Waals surface area (Å²) in [5.74, 6) is -0.313. The summed E-state index contributed by atoms with van der Waals surface area (Å²) in [7, 11) is 0. The summed E-state index contributed by atoms with van der Waals surface area (Å²) in [6.45, 7) is 0. The van der Waals surface area contributed by atoms with Crippen LogP contribution in [0.1, 0.15) is 10.4 Å². The quantitative estimate of drug-likeness (QED) is 0.781. The topological polar surface area (TPSA) is 93.8 Å². The lowest BCUT2D eigenvalue weighted by molar-refractivity contribution is 0.102. The first kappa shape index (κ1) is 9.53. The van der Waals surface area contributed by atoms with E-state index in [9.17, 15) is 4.79 Å². The molecule has 0 spiro atoms. The van der Waals surface area contributed by atoms with Gasteiger partial charge in [-0.1, -0.05) is 4.49 Å². The monoisotopic (exact) mass is 221 g/mol. The van der Waals surface area contributed by atoms with Gasteiger partial charge in [0.05, 0.1) is 11.8 Å². The Hall–Kier alpha value is -2.02. The summed E-state index contributed by atoms with van der Waals surface area (Å²) < 4.78 is 3.62. The number of nitrogens with zero attached hydrogens (tertiary/aromatic N) is 3. The molecule has 0 saturated heterocycles. The molecule has 2 aromatic rings. The van der Waals surface area contributed by atoms with Gasteiger partial charge >= 0.3 is 0 Å². The first-order chi connectivity index (χ1) is 7.27. The van der Waals surface area contributed by atoms with Gasteiger partial charge in [-0.05, 0) is 6.07 Å². The summed E-state index contributed by atoms with van der Waals surface area (Å²) in [6.07, 6.45) is 4.41. The van der Waals surface area contributed by atoms with Gasteiger partial charge in [0, 0.05) is 29.6 Å². The maximum atomic E-state index is 11.7. The average Bonchev–Trinajstić information content (AvgIpc) is 2.71. The molecule has 0 radical (unpaired) electrons. The maximum Gasteiger partial charge on any atom is 0.260 e. The fourth-order valence-corrected chi connectivity index (χ4v) is 1.41. The third-order valence-electron chi connectivity index (χ3n) is 1.70. The Labute approximate surface area is 89.3 Å². The van der Waals surface area contributed by atoms with Crippen LogP contribution in [-0.2, 0) is 0 Å². The zero-order valence-corrected chi connectivity index (χ0v) is 8.36. The number of hydrogen-bond acceptors (Lipinski definition) is 6. The second-order valence-corrected chi connectivity index (χ2v) is 3.48. The highest BCUT2D eigenvalue weighted by molar-refractivity contribution is 7.10. The molecule has 0 aliphatic carbocycles. The first-order valence-electron chi connectivity index (χ1n) is 4.05. The Balaban J connectivity index is 2.19. The van der Waals surface area contributed by atoms with Gasteiger partial charge in [-0.3, -0.25) is 9.78 Å². The molecule has 2 rings (SSSR count). The lowest BCUT2D eigenvalue weighted by Gasteiger charge is -2.03. The summed E-state index contributed by atoms with van der Waals surface area (Å²) >= 11 is 1.10. The average molecular weight is 221 g/mol. The van der Waals surface area contributed by atoms with E-state index in [4.69, 9.17) is 5.73 Å². The van der Waals surface area contributed by atoms with E-state index < -0.39 is 0 Å². The molecule has 76 valence electrons. The highest BCUT2D eigenvalue weighted by Crippen LogP contribution is 2.14. The highest BCUT2D eigenvalue weighted by atomic mass is 32.1. The van der Waals surface area contributed by atoms with Crippen LogP contribution in [0.5, 0.6) is 0 Å². The molecule has 0 saturated carbocycles. The first-order valence-corrected chi connectivity index (χ1v) is 4.83. The molecular formula is C8H7N5OS. The summed E-state index contributed by atoms with van der Waals surface area (Å²) in [5, 5.41) is 6.78. The number of carbonyl (C=O) groups excluding carboxylic acids is 1. The van der Waals surface area contributed by atoms with Gasteiger partial charge in [-0.2, -0.15) is 0 Å². The van der Waals surface area contributed by atoms with E-state index in [0.717, 1.165) is 11.5 Å². The van der Waals surface area contributed by atoms with Gasteiger partial charge in [0.15, 0.2) is 0 Å². The third kappa shape index (κ3) is 2.08. The van der Waals surface area contributed by atoms with Crippen LogP contribution in [0.25, 0.3) is 0 Å². The molecule has 0 atom stereocenters. The van der Waals surface area contributed by atoms with E-state index in [2.05, 4.69) is 19.9 Å². The lowest BCUT2D eigenvalue weighted by Crippen LogP contribution is -2.13. The smallest absolute Gasteiger partial charge is 0.260 e. The van der Waals surface area contributed by atoms with Crippen molar-refractivity contribution in [1.82, 2.24) is 14.6 Å². The Morgan fingerprint density at radius 2 is 2.33 bits per heavy atom. The molecule has 15 heavy (non-hydrogen) atoms. The van der Waals surface area contributed by atoms with Crippen molar-refractivity contribution in [2.24, 2.45) is 0 Å². The van der Waals surface area contributed by atoms with Crippen LogP contribution in [0.4, 0.5) is 10.7 Å². The lowest BCUT2D eigenvalue weighted by atomic mass is 10.2. The van der Waals surface area contributed by atoms with E-state index in [0.29, 0.717) is 16.3 Å². The van der Waals surface area contributed by atoms with Crippen LogP contribution in [0.3, 0.4) is 0 Å². The van der Waals surface area contributed by atoms with Crippen molar-refractivity contribution in [2.45, 2.75) is 0 Å². The van der Waals surface area contributed by atoms with Gasteiger partial charge in [0.25, 0.3) is 5.91 Å². The predicted octanol–water partition coefficient (Wildman–Crippen LogP) is 0.768. The molecule has 0 unspecified atom stereocenters. The number of rotatable bonds is 2. The van der Waals surface area contributed by atoms with Crippen molar-refractivity contribution in [3.05, 3.63) is 30.2 Å². The van der Waals surface area contributed by atoms with Crippen LogP contribution >= 0.6 is 11.5 Å². The number of hydrogen-bond donors (Lipinski definition) is 2. The van der Waals surface area contributed by atoms with Crippen molar-refractivity contribution in [3.8, 4) is 0 Å². The number of anilines is 2. The van der Waals surface area contributed by atoms with Gasteiger partial charge in [-0.25, -0.2) is 0 Å². The minimum absolute atomic E-state index is 0.313. The maximum absolute atomic E-state index is 11.7. The molecular weight excluding hydrogens is 214 g/mol. The van der Waals surface area contributed by atoms with Gasteiger partial charge in [-0.15, -0.1) is 5.10 Å². The highest BCUT2D eigenvalue weighted by Gasteiger charge is 2.10. The van der Waals surface area contributed by atoms with E-state index in [1.807, 2.05) is 0 Å². The molecule has 0 aliphatic rings. The zero-order chi connectivity index (χ0) is 10.7. The van der Waals surface area contributed by atoms with Crippen molar-refractivity contribution >= 4 is 28.1 Å². The van der Waals surface area contributed by atoms with Crippen LogP contribution < -0.4 is 11.1 Å². The number of amides is 1. The molecule has 0 fully saturated rings. The van der Waals surface area contributed by atoms with Crippen LogP contribution in [-0.4, -0.2) is 20.5 Å². The SMILES string of the molecule is Nc1ccncc1C(=O)Nc1cnns1. The van der Waals surface area contributed by atoms with E-state index >= 15 is 0 Å². The van der Waals surface area contributed by atoms with Gasteiger partial charge in [0.2, 0.25) is 0 Å². The summed E-state index contributed by atoms with van der Waals surface area (Å²) in [6, 6.07) is 1.57. The van der Waals surface area contributed by atoms with Gasteiger partial charge < -0.3 is 11.1 Å². The Kier molecular flexibility index (Phi) is 2.55. The Morgan fingerprint density at radius 1 is 1.47 bits per heavy atom. The molecule has 6 nitrogen and oxygen atoms in total. The molecule has 0 bridgehead atoms. The fourth-order valence-electron chi connectivity index (χ4n) is 0.996. The molecule has 3 N–H and O–H groups in total. The molecule has 2 aromatic heterocycles. The van der Waals surface area contributed by atoms with E-state index in [1.54, 1.807) is 6.07 Å². The third-order valence-corrected chi connectivity index (χ3v) is 2.28. The molecule has 0 aliphatic heterocycles. The minimum Gasteiger partial charge on any atom is -0.398 e. The summed E-state index contributed by atoms with van der Waals surface area (Å²) in [4.78, 5) is 15.5. The molecule has 2 heterocycles. The van der Waals surface area contributed by atoms with Crippen molar-refractivity contribution in [2.75, 3.05) is 11.1 Å². The molecule has 7 heteroatoms. The summed E-state index contributed by atoms with van der Waals surface area (Å²) in [5.41, 5.74) is 6.35. The largest absolute Gasteiger partial charge is 0.398 e. The zero-order valence-electron chi connectivity index (χ0n) is 7.54. The van der Waals surface area contributed by atoms with Crippen molar-refractivity contribution in [3.63, 3.8) is 0 Å². The minimum atomic E-state index is -0.313. The number of nitrogen functional groups attached to an aromatic ring is 1. The molecule has 0 aromatic carbocycles. The number of pyridine rings is 1. The van der Waals surface area contributed by atoms with E-state index in [-0.39, 0.29) is 5.91 Å². The Morgan fingerprint density at radius 3 is 3.00 bits per heavy atom. The number of nitrogens with two attached hydrogens (primary N) is 1. The number of aromatic nitrogens is 3. The Bertz CT molecular complexity index is 470. The number of nitrogens with one attached hydrogen (secondary N) is 1. The second kappa shape index (κ2) is 4.01.